The van der Waals surface area contributed by atoms with Gasteiger partial charge in [-0.1, -0.05) is 12.1 Å². The monoisotopic (exact) mass is 351 g/mol. The fourth-order valence-electron chi connectivity index (χ4n) is 2.07. The van der Waals surface area contributed by atoms with Crippen molar-refractivity contribution in [1.82, 2.24) is 4.57 Å². The lowest BCUT2D eigenvalue weighted by atomic mass is 10.1. The summed E-state index contributed by atoms with van der Waals surface area (Å²) >= 11 is 3.19. The van der Waals surface area contributed by atoms with Crippen LogP contribution in [0.15, 0.2) is 45.8 Å². The van der Waals surface area contributed by atoms with Crippen LogP contribution in [0, 0.1) is 10.1 Å². The minimum absolute atomic E-state index is 0.0115. The van der Waals surface area contributed by atoms with E-state index >= 15 is 0 Å². The maximum Gasteiger partial charge on any atom is 0.292 e. The van der Waals surface area contributed by atoms with E-state index in [-0.39, 0.29) is 17.8 Å². The first kappa shape index (κ1) is 15.2. The number of anilines is 1. The Bertz CT molecular complexity index is 728. The zero-order chi connectivity index (χ0) is 15.4. The topological polar surface area (TPSA) is 77.2 Å². The normalized spacial score (nSPS) is 10.4. The van der Waals surface area contributed by atoms with Crippen LogP contribution in [0.2, 0.25) is 0 Å². The number of nitrogens with zero attached hydrogens (tertiary/aromatic N) is 2. The molecule has 2 aromatic rings. The number of hydrogen-bond donors (Lipinski definition) is 1. The largest absolute Gasteiger partial charge is 0.379 e. The van der Waals surface area contributed by atoms with Crippen LogP contribution >= 0.6 is 15.9 Å². The fraction of sp³-hybridized carbons (Fsp3) is 0.214. The van der Waals surface area contributed by atoms with E-state index in [0.717, 1.165) is 0 Å². The summed E-state index contributed by atoms with van der Waals surface area (Å²) in [5, 5.41) is 14.1. The van der Waals surface area contributed by atoms with Crippen LogP contribution in [0.25, 0.3) is 0 Å². The highest BCUT2D eigenvalue weighted by molar-refractivity contribution is 9.10. The Morgan fingerprint density at radius 3 is 2.76 bits per heavy atom. The molecule has 110 valence electrons. The van der Waals surface area contributed by atoms with Crippen LogP contribution in [0.5, 0.6) is 0 Å². The highest BCUT2D eigenvalue weighted by Gasteiger charge is 2.17. The van der Waals surface area contributed by atoms with Gasteiger partial charge >= 0.3 is 0 Å². The molecule has 2 rings (SSSR count). The van der Waals surface area contributed by atoms with Crippen LogP contribution in [0.3, 0.4) is 0 Å². The van der Waals surface area contributed by atoms with Crippen molar-refractivity contribution in [1.29, 1.82) is 0 Å². The highest BCUT2D eigenvalue weighted by Crippen LogP contribution is 2.28. The van der Waals surface area contributed by atoms with Crippen LogP contribution in [0.4, 0.5) is 11.4 Å². The Morgan fingerprint density at radius 1 is 1.33 bits per heavy atom. The molecule has 0 amide bonds. The molecule has 0 atom stereocenters. The minimum Gasteiger partial charge on any atom is -0.379 e. The van der Waals surface area contributed by atoms with Gasteiger partial charge in [-0.15, -0.1) is 0 Å². The first-order chi connectivity index (χ1) is 10.0. The quantitative estimate of drug-likeness (QED) is 0.663. The van der Waals surface area contributed by atoms with E-state index in [0.29, 0.717) is 22.3 Å². The van der Waals surface area contributed by atoms with Crippen molar-refractivity contribution >= 4 is 27.3 Å². The first-order valence-corrected chi connectivity index (χ1v) is 7.19. The molecule has 0 aliphatic rings. The Hall–Kier alpha value is -2.15. The number of rotatable bonds is 5. The predicted octanol–water partition coefficient (Wildman–Crippen LogP) is 3.00. The molecule has 0 radical (unpaired) electrons. The van der Waals surface area contributed by atoms with Gasteiger partial charge in [-0.25, -0.2) is 0 Å². The van der Waals surface area contributed by atoms with Crippen molar-refractivity contribution in [2.45, 2.75) is 13.5 Å². The number of nitro benzene ring substituents is 1. The second-order valence-electron chi connectivity index (χ2n) is 4.39. The van der Waals surface area contributed by atoms with Crippen LogP contribution in [0.1, 0.15) is 12.5 Å². The summed E-state index contributed by atoms with van der Waals surface area (Å²) in [5.41, 5.74) is 0.993. The highest BCUT2D eigenvalue weighted by atomic mass is 79.9. The molecule has 1 aromatic heterocycles. The third-order valence-corrected chi connectivity index (χ3v) is 3.60. The molecule has 0 saturated heterocycles. The predicted molar refractivity (Wildman–Crippen MR) is 84.8 cm³/mol. The number of benzene rings is 1. The zero-order valence-corrected chi connectivity index (χ0v) is 13.0. The number of nitro groups is 1. The molecule has 1 N–H and O–H groups in total. The van der Waals surface area contributed by atoms with Gasteiger partial charge in [-0.3, -0.25) is 14.9 Å². The summed E-state index contributed by atoms with van der Waals surface area (Å²) < 4.78 is 1.96. The number of pyridine rings is 1. The molecule has 6 nitrogen and oxygen atoms in total. The average Bonchev–Trinajstić information content (AvgIpc) is 2.45. The van der Waals surface area contributed by atoms with Crippen LogP contribution < -0.4 is 10.9 Å². The Labute approximate surface area is 129 Å². The lowest BCUT2D eigenvalue weighted by Gasteiger charge is -2.12. The summed E-state index contributed by atoms with van der Waals surface area (Å²) in [4.78, 5) is 22.7. The van der Waals surface area contributed by atoms with E-state index in [1.54, 1.807) is 30.5 Å². The Balaban J connectivity index is 2.49. The van der Waals surface area contributed by atoms with Gasteiger partial charge in [-0.2, -0.15) is 0 Å². The first-order valence-electron chi connectivity index (χ1n) is 6.39. The molecule has 0 bridgehead atoms. The number of aromatic nitrogens is 1. The fourth-order valence-corrected chi connectivity index (χ4v) is 2.45. The molecule has 21 heavy (non-hydrogen) atoms. The Kier molecular flexibility index (Phi) is 4.74. The van der Waals surface area contributed by atoms with Crippen molar-refractivity contribution in [3.05, 3.63) is 67.0 Å². The van der Waals surface area contributed by atoms with E-state index in [9.17, 15) is 14.9 Å². The van der Waals surface area contributed by atoms with E-state index in [1.165, 1.54) is 10.6 Å². The maximum absolute atomic E-state index is 12.0. The van der Waals surface area contributed by atoms with Crippen molar-refractivity contribution < 1.29 is 4.92 Å². The van der Waals surface area contributed by atoms with E-state index in [1.807, 2.05) is 6.92 Å². The second kappa shape index (κ2) is 6.53. The van der Waals surface area contributed by atoms with Crippen LogP contribution in [-0.2, 0) is 6.54 Å². The molecule has 1 aromatic carbocycles. The van der Waals surface area contributed by atoms with Gasteiger partial charge in [0.05, 0.1) is 15.9 Å². The number of hydrogen-bond acceptors (Lipinski definition) is 4. The van der Waals surface area contributed by atoms with Crippen molar-refractivity contribution in [2.75, 3.05) is 11.9 Å². The SMILES string of the molecule is CCNc1c(Cn2cccc(Br)c2=O)cccc1[N+](=O)[O-]. The van der Waals surface area contributed by atoms with E-state index < -0.39 is 4.92 Å². The third-order valence-electron chi connectivity index (χ3n) is 2.99. The van der Waals surface area contributed by atoms with Gasteiger partial charge in [0.25, 0.3) is 11.2 Å². The molecule has 0 unspecified atom stereocenters. The second-order valence-corrected chi connectivity index (χ2v) is 5.24. The van der Waals surface area contributed by atoms with Gasteiger partial charge in [0, 0.05) is 24.4 Å². The molecule has 0 spiro atoms. The smallest absolute Gasteiger partial charge is 0.292 e. The lowest BCUT2D eigenvalue weighted by Crippen LogP contribution is -2.21. The van der Waals surface area contributed by atoms with E-state index in [4.69, 9.17) is 0 Å². The molecule has 1 heterocycles. The van der Waals surface area contributed by atoms with Crippen molar-refractivity contribution in [3.63, 3.8) is 0 Å². The molecule has 0 fully saturated rings. The molecule has 7 heteroatoms. The average molecular weight is 352 g/mol. The van der Waals surface area contributed by atoms with Gasteiger partial charge in [0.15, 0.2) is 0 Å². The number of nitrogens with one attached hydrogen (secondary N) is 1. The summed E-state index contributed by atoms with van der Waals surface area (Å²) in [6.45, 7) is 2.69. The third kappa shape index (κ3) is 3.30. The number of halogens is 1. The summed E-state index contributed by atoms with van der Waals surface area (Å²) in [5.74, 6) is 0. The molecule has 0 aliphatic carbocycles. The van der Waals surface area contributed by atoms with Gasteiger partial charge in [0.1, 0.15) is 5.69 Å². The lowest BCUT2D eigenvalue weighted by molar-refractivity contribution is -0.384. The summed E-state index contributed by atoms with van der Waals surface area (Å²) in [6.07, 6.45) is 1.65. The van der Waals surface area contributed by atoms with E-state index in [2.05, 4.69) is 21.2 Å². The summed E-state index contributed by atoms with van der Waals surface area (Å²) in [7, 11) is 0. The van der Waals surface area contributed by atoms with Gasteiger partial charge in [-0.05, 0) is 35.0 Å². The molecule has 0 saturated carbocycles. The minimum atomic E-state index is -0.425. The molecular formula is C14H14BrN3O3. The zero-order valence-electron chi connectivity index (χ0n) is 11.4. The standard InChI is InChI=1S/C14H14BrN3O3/c1-2-16-13-10(5-3-7-12(13)18(20)21)9-17-8-4-6-11(15)14(17)19/h3-8,16H,2,9H2,1H3. The maximum atomic E-state index is 12.0. The van der Waals surface area contributed by atoms with Gasteiger partial charge in [0.2, 0.25) is 0 Å². The summed E-state index contributed by atoms with van der Waals surface area (Å²) in [6, 6.07) is 8.26. The van der Waals surface area contributed by atoms with Crippen molar-refractivity contribution in [3.8, 4) is 0 Å². The van der Waals surface area contributed by atoms with Crippen LogP contribution in [-0.4, -0.2) is 16.0 Å². The van der Waals surface area contributed by atoms with Gasteiger partial charge < -0.3 is 9.88 Å². The van der Waals surface area contributed by atoms with Crippen molar-refractivity contribution in [2.24, 2.45) is 0 Å². The number of para-hydroxylation sites is 1. The Morgan fingerprint density at radius 2 is 2.10 bits per heavy atom. The molecule has 0 aliphatic heterocycles. The molecular weight excluding hydrogens is 338 g/mol.